The molecule has 2 aromatic rings. The standard InChI is InChI=1S/C18H20N4O3S/c1-9(2)26-18-21-15-14(16(23)22-18)13(11-6-5-7-19-8-11)12(10(3)20-15)17(24)25-4/h5-9,13H,1-4H3,(H2,20,21,22,23). The molecule has 0 bridgehead atoms. The van der Waals surface area contributed by atoms with Gasteiger partial charge in [0.25, 0.3) is 5.56 Å². The molecule has 2 aromatic heterocycles. The van der Waals surface area contributed by atoms with E-state index >= 15 is 0 Å². The van der Waals surface area contributed by atoms with E-state index < -0.39 is 11.9 Å². The number of fused-ring (bicyclic) bond motifs is 1. The summed E-state index contributed by atoms with van der Waals surface area (Å²) in [5.41, 5.74) is 1.82. The Bertz CT molecular complexity index is 922. The third-order valence-corrected chi connectivity index (χ3v) is 4.88. The molecule has 1 aliphatic rings. The summed E-state index contributed by atoms with van der Waals surface area (Å²) in [6.45, 7) is 5.82. The largest absolute Gasteiger partial charge is 0.466 e. The molecule has 1 unspecified atom stereocenters. The van der Waals surface area contributed by atoms with Gasteiger partial charge in [-0.25, -0.2) is 9.78 Å². The molecular formula is C18H20N4O3S. The monoisotopic (exact) mass is 372 g/mol. The summed E-state index contributed by atoms with van der Waals surface area (Å²) in [7, 11) is 1.32. The summed E-state index contributed by atoms with van der Waals surface area (Å²) in [5, 5.41) is 3.91. The molecule has 0 saturated carbocycles. The summed E-state index contributed by atoms with van der Waals surface area (Å²) in [6.07, 6.45) is 3.29. The van der Waals surface area contributed by atoms with Crippen LogP contribution >= 0.6 is 11.8 Å². The molecule has 0 aliphatic carbocycles. The van der Waals surface area contributed by atoms with E-state index in [0.29, 0.717) is 27.8 Å². The number of aromatic amines is 1. The van der Waals surface area contributed by atoms with E-state index in [-0.39, 0.29) is 10.8 Å². The minimum atomic E-state index is -0.596. The lowest BCUT2D eigenvalue weighted by Crippen LogP contribution is -2.31. The third-order valence-electron chi connectivity index (χ3n) is 3.99. The first-order valence-corrected chi connectivity index (χ1v) is 9.07. The first-order chi connectivity index (χ1) is 12.4. The highest BCUT2D eigenvalue weighted by molar-refractivity contribution is 7.99. The predicted octanol–water partition coefficient (Wildman–Crippen LogP) is 2.67. The Kier molecular flexibility index (Phi) is 5.13. The van der Waals surface area contributed by atoms with Crippen LogP contribution < -0.4 is 10.9 Å². The van der Waals surface area contributed by atoms with Gasteiger partial charge in [-0.05, 0) is 18.6 Å². The van der Waals surface area contributed by atoms with Crippen LogP contribution in [0.1, 0.15) is 37.8 Å². The molecule has 0 spiro atoms. The number of allylic oxidation sites excluding steroid dienone is 1. The van der Waals surface area contributed by atoms with Crippen LogP contribution in [0.5, 0.6) is 0 Å². The number of rotatable bonds is 4. The topological polar surface area (TPSA) is 97.0 Å². The van der Waals surface area contributed by atoms with Crippen molar-refractivity contribution in [1.29, 1.82) is 0 Å². The van der Waals surface area contributed by atoms with E-state index in [1.807, 2.05) is 19.9 Å². The number of pyridine rings is 1. The van der Waals surface area contributed by atoms with Crippen molar-refractivity contribution in [2.45, 2.75) is 37.1 Å². The Balaban J connectivity index is 2.22. The van der Waals surface area contributed by atoms with E-state index in [1.54, 1.807) is 25.4 Å². The highest BCUT2D eigenvalue weighted by Gasteiger charge is 2.36. The summed E-state index contributed by atoms with van der Waals surface area (Å²) >= 11 is 1.47. The molecule has 3 rings (SSSR count). The second kappa shape index (κ2) is 7.33. The molecule has 7 nitrogen and oxygen atoms in total. The lowest BCUT2D eigenvalue weighted by Gasteiger charge is -2.28. The quantitative estimate of drug-likeness (QED) is 0.484. The maximum atomic E-state index is 12.9. The summed E-state index contributed by atoms with van der Waals surface area (Å²) in [6, 6.07) is 3.60. The van der Waals surface area contributed by atoms with Gasteiger partial charge in [0.2, 0.25) is 0 Å². The molecular weight excluding hydrogens is 352 g/mol. The molecule has 2 N–H and O–H groups in total. The number of hydrogen-bond acceptors (Lipinski definition) is 7. The van der Waals surface area contributed by atoms with Crippen molar-refractivity contribution in [3.8, 4) is 0 Å². The minimum absolute atomic E-state index is 0.274. The second-order valence-electron chi connectivity index (χ2n) is 6.17. The number of anilines is 1. The van der Waals surface area contributed by atoms with Gasteiger partial charge in [-0.15, -0.1) is 0 Å². The van der Waals surface area contributed by atoms with Crippen molar-refractivity contribution in [1.82, 2.24) is 15.0 Å². The number of thioether (sulfide) groups is 1. The second-order valence-corrected chi connectivity index (χ2v) is 7.74. The van der Waals surface area contributed by atoms with E-state index in [0.717, 1.165) is 5.56 Å². The van der Waals surface area contributed by atoms with Crippen LogP contribution in [0, 0.1) is 0 Å². The van der Waals surface area contributed by atoms with Crippen molar-refractivity contribution in [2.75, 3.05) is 12.4 Å². The van der Waals surface area contributed by atoms with Crippen molar-refractivity contribution >= 4 is 23.5 Å². The summed E-state index contributed by atoms with van der Waals surface area (Å²) in [5.74, 6) is -0.632. The molecule has 0 saturated heterocycles. The number of ether oxygens (including phenoxy) is 1. The molecule has 3 heterocycles. The van der Waals surface area contributed by atoms with Crippen LogP contribution in [0.15, 0.2) is 45.7 Å². The number of methoxy groups -OCH3 is 1. The first kappa shape index (κ1) is 18.2. The number of esters is 1. The van der Waals surface area contributed by atoms with E-state index in [4.69, 9.17) is 4.74 Å². The first-order valence-electron chi connectivity index (χ1n) is 8.19. The van der Waals surface area contributed by atoms with E-state index in [9.17, 15) is 9.59 Å². The Morgan fingerprint density at radius 1 is 1.38 bits per heavy atom. The maximum absolute atomic E-state index is 12.9. The average molecular weight is 372 g/mol. The zero-order valence-corrected chi connectivity index (χ0v) is 15.8. The number of carbonyl (C=O) groups excluding carboxylic acids is 1. The van der Waals surface area contributed by atoms with Gasteiger partial charge < -0.3 is 15.0 Å². The summed E-state index contributed by atoms with van der Waals surface area (Å²) < 4.78 is 4.95. The number of aromatic nitrogens is 3. The fourth-order valence-corrected chi connectivity index (χ4v) is 3.71. The molecule has 1 aliphatic heterocycles. The van der Waals surface area contributed by atoms with Crippen molar-refractivity contribution in [3.05, 3.63) is 57.3 Å². The zero-order chi connectivity index (χ0) is 18.8. The molecule has 0 fully saturated rings. The molecule has 0 amide bonds. The number of nitrogens with one attached hydrogen (secondary N) is 2. The smallest absolute Gasteiger partial charge is 0.336 e. The van der Waals surface area contributed by atoms with Crippen LogP contribution in [0.2, 0.25) is 0 Å². The van der Waals surface area contributed by atoms with Gasteiger partial charge in [0.1, 0.15) is 5.82 Å². The van der Waals surface area contributed by atoms with Gasteiger partial charge in [-0.1, -0.05) is 31.7 Å². The van der Waals surface area contributed by atoms with Crippen LogP contribution in [-0.2, 0) is 9.53 Å². The molecule has 1 atom stereocenters. The van der Waals surface area contributed by atoms with Crippen molar-refractivity contribution < 1.29 is 9.53 Å². The highest BCUT2D eigenvalue weighted by atomic mass is 32.2. The van der Waals surface area contributed by atoms with E-state index in [1.165, 1.54) is 18.9 Å². The van der Waals surface area contributed by atoms with Gasteiger partial charge in [0, 0.05) is 23.3 Å². The lowest BCUT2D eigenvalue weighted by molar-refractivity contribution is -0.136. The van der Waals surface area contributed by atoms with Gasteiger partial charge in [-0.3, -0.25) is 9.78 Å². The zero-order valence-electron chi connectivity index (χ0n) is 15.0. The summed E-state index contributed by atoms with van der Waals surface area (Å²) in [4.78, 5) is 36.8. The van der Waals surface area contributed by atoms with Gasteiger partial charge in [0.15, 0.2) is 5.16 Å². The SMILES string of the molecule is COC(=O)C1=C(C)Nc2nc(SC(C)C)[nH]c(=O)c2C1c1cccnc1. The Morgan fingerprint density at radius 3 is 2.77 bits per heavy atom. The Hall–Kier alpha value is -2.61. The average Bonchev–Trinajstić information content (AvgIpc) is 2.60. The Morgan fingerprint density at radius 2 is 2.15 bits per heavy atom. The van der Waals surface area contributed by atoms with Gasteiger partial charge in [0.05, 0.1) is 24.2 Å². The Labute approximate surface area is 155 Å². The number of nitrogens with zero attached hydrogens (tertiary/aromatic N) is 2. The fourth-order valence-electron chi connectivity index (χ4n) is 2.97. The molecule has 26 heavy (non-hydrogen) atoms. The van der Waals surface area contributed by atoms with Crippen molar-refractivity contribution in [3.63, 3.8) is 0 Å². The number of hydrogen-bond donors (Lipinski definition) is 2. The number of H-pyrrole nitrogens is 1. The van der Waals surface area contributed by atoms with Crippen LogP contribution in [-0.4, -0.2) is 33.3 Å². The fraction of sp³-hybridized carbons (Fsp3) is 0.333. The van der Waals surface area contributed by atoms with Crippen molar-refractivity contribution in [2.24, 2.45) is 0 Å². The number of carbonyl (C=O) groups is 1. The van der Waals surface area contributed by atoms with Crippen LogP contribution in [0.25, 0.3) is 0 Å². The van der Waals surface area contributed by atoms with Crippen LogP contribution in [0.4, 0.5) is 5.82 Å². The minimum Gasteiger partial charge on any atom is -0.466 e. The van der Waals surface area contributed by atoms with Gasteiger partial charge >= 0.3 is 5.97 Å². The molecule has 0 aromatic carbocycles. The predicted molar refractivity (Wildman–Crippen MR) is 100 cm³/mol. The highest BCUT2D eigenvalue weighted by Crippen LogP contribution is 2.39. The molecule has 0 radical (unpaired) electrons. The molecule has 136 valence electrons. The lowest BCUT2D eigenvalue weighted by atomic mass is 9.83. The third kappa shape index (κ3) is 3.37. The van der Waals surface area contributed by atoms with Gasteiger partial charge in [-0.2, -0.15) is 0 Å². The van der Waals surface area contributed by atoms with E-state index in [2.05, 4.69) is 20.3 Å². The maximum Gasteiger partial charge on any atom is 0.336 e. The van der Waals surface area contributed by atoms with Crippen LogP contribution in [0.3, 0.4) is 0 Å². The normalized spacial score (nSPS) is 16.3. The molecule has 8 heteroatoms.